The van der Waals surface area contributed by atoms with Gasteiger partial charge in [-0.05, 0) is 25.1 Å². The Morgan fingerprint density at radius 1 is 1.30 bits per heavy atom. The Bertz CT molecular complexity index is 795. The highest BCUT2D eigenvalue weighted by atomic mass is 79.9. The zero-order valence-corrected chi connectivity index (χ0v) is 12.4. The zero-order chi connectivity index (χ0) is 14.1. The predicted molar refractivity (Wildman–Crippen MR) is 82.9 cm³/mol. The number of carbonyl (C=O) groups excluding carboxylic acids is 1. The molecule has 20 heavy (non-hydrogen) atoms. The van der Waals surface area contributed by atoms with Gasteiger partial charge in [0.2, 0.25) is 0 Å². The Kier molecular flexibility index (Phi) is 3.28. The molecule has 2 N–H and O–H groups in total. The molecular weight excluding hydrogens is 318 g/mol. The first-order valence-corrected chi connectivity index (χ1v) is 6.94. The van der Waals surface area contributed by atoms with Crippen LogP contribution >= 0.6 is 15.9 Å². The number of anilines is 1. The molecule has 0 aliphatic rings. The molecule has 0 aliphatic carbocycles. The predicted octanol–water partition coefficient (Wildman–Crippen LogP) is 3.89. The Morgan fingerprint density at radius 3 is 2.90 bits per heavy atom. The van der Waals surface area contributed by atoms with E-state index in [0.717, 1.165) is 21.1 Å². The Hall–Kier alpha value is -2.14. The molecule has 0 aliphatic heterocycles. The molecule has 0 spiro atoms. The number of amides is 1. The highest BCUT2D eigenvalue weighted by Crippen LogP contribution is 2.23. The highest BCUT2D eigenvalue weighted by Gasteiger charge is 2.16. The van der Waals surface area contributed by atoms with Crippen molar-refractivity contribution in [1.82, 2.24) is 9.97 Å². The van der Waals surface area contributed by atoms with E-state index in [-0.39, 0.29) is 5.91 Å². The van der Waals surface area contributed by atoms with E-state index < -0.39 is 0 Å². The number of hydrogen-bond acceptors (Lipinski definition) is 2. The standard InChI is InChI=1S/C15H12BrN3O/c1-9-14(11-4-2-3-5-12(11)18-9)15(20)19-13-8-10(16)6-7-17-13/h2-8,18H,1H3,(H,17,19,20). The van der Waals surface area contributed by atoms with Crippen molar-refractivity contribution in [2.75, 3.05) is 5.32 Å². The molecule has 3 rings (SSSR count). The van der Waals surface area contributed by atoms with Crippen LogP contribution in [0.15, 0.2) is 47.1 Å². The number of nitrogens with one attached hydrogen (secondary N) is 2. The molecule has 0 saturated carbocycles. The molecule has 100 valence electrons. The molecule has 3 aromatic rings. The highest BCUT2D eigenvalue weighted by molar-refractivity contribution is 9.10. The molecule has 0 unspecified atom stereocenters. The minimum absolute atomic E-state index is 0.162. The molecule has 1 amide bonds. The van der Waals surface area contributed by atoms with Crippen LogP contribution in [0.25, 0.3) is 10.9 Å². The average molecular weight is 330 g/mol. The number of aromatic amines is 1. The Balaban J connectivity index is 1.99. The number of nitrogens with zero attached hydrogens (tertiary/aromatic N) is 1. The number of para-hydroxylation sites is 1. The van der Waals surface area contributed by atoms with Gasteiger partial charge in [0.1, 0.15) is 5.82 Å². The summed E-state index contributed by atoms with van der Waals surface area (Å²) >= 11 is 3.36. The van der Waals surface area contributed by atoms with Crippen molar-refractivity contribution in [3.05, 3.63) is 58.3 Å². The quantitative estimate of drug-likeness (QED) is 0.749. The first kappa shape index (κ1) is 12.9. The summed E-state index contributed by atoms with van der Waals surface area (Å²) in [5, 5.41) is 3.73. The van der Waals surface area contributed by atoms with Gasteiger partial charge < -0.3 is 10.3 Å². The van der Waals surface area contributed by atoms with E-state index in [1.54, 1.807) is 12.3 Å². The fourth-order valence-corrected chi connectivity index (χ4v) is 2.56. The van der Waals surface area contributed by atoms with E-state index in [2.05, 4.69) is 31.2 Å². The molecule has 1 aromatic carbocycles. The number of rotatable bonds is 2. The summed E-state index contributed by atoms with van der Waals surface area (Å²) in [6.45, 7) is 1.89. The molecule has 5 heteroatoms. The molecule has 0 bridgehead atoms. The summed E-state index contributed by atoms with van der Waals surface area (Å²) in [7, 11) is 0. The van der Waals surface area contributed by atoms with Crippen LogP contribution in [0, 0.1) is 6.92 Å². The lowest BCUT2D eigenvalue weighted by Gasteiger charge is -2.05. The third-order valence-corrected chi connectivity index (χ3v) is 3.58. The Morgan fingerprint density at radius 2 is 2.10 bits per heavy atom. The zero-order valence-electron chi connectivity index (χ0n) is 10.8. The molecule has 4 nitrogen and oxygen atoms in total. The van der Waals surface area contributed by atoms with Gasteiger partial charge in [-0.3, -0.25) is 4.79 Å². The van der Waals surface area contributed by atoms with E-state index in [1.165, 1.54) is 0 Å². The van der Waals surface area contributed by atoms with Crippen LogP contribution in [0.5, 0.6) is 0 Å². The van der Waals surface area contributed by atoms with Crippen LogP contribution in [0.3, 0.4) is 0 Å². The number of carbonyl (C=O) groups is 1. The summed E-state index contributed by atoms with van der Waals surface area (Å²) in [6, 6.07) is 11.3. The van der Waals surface area contributed by atoms with Crippen molar-refractivity contribution in [3.8, 4) is 0 Å². The second kappa shape index (κ2) is 5.09. The number of halogens is 1. The van der Waals surface area contributed by atoms with Crippen molar-refractivity contribution in [2.24, 2.45) is 0 Å². The molecule has 2 heterocycles. The Labute approximate surface area is 124 Å². The number of benzene rings is 1. The van der Waals surface area contributed by atoms with Crippen LogP contribution in [0.4, 0.5) is 5.82 Å². The number of pyridine rings is 1. The third-order valence-electron chi connectivity index (χ3n) is 3.08. The smallest absolute Gasteiger partial charge is 0.259 e. The first-order chi connectivity index (χ1) is 9.65. The van der Waals surface area contributed by atoms with Crippen molar-refractivity contribution in [3.63, 3.8) is 0 Å². The number of aryl methyl sites for hydroxylation is 1. The maximum atomic E-state index is 12.4. The second-order valence-corrected chi connectivity index (χ2v) is 5.40. The molecular formula is C15H12BrN3O. The number of hydrogen-bond donors (Lipinski definition) is 2. The maximum Gasteiger partial charge on any atom is 0.259 e. The number of H-pyrrole nitrogens is 1. The molecule has 0 atom stereocenters. The average Bonchev–Trinajstić information content (AvgIpc) is 2.74. The van der Waals surface area contributed by atoms with Crippen LogP contribution < -0.4 is 5.32 Å². The SMILES string of the molecule is Cc1[nH]c2ccccc2c1C(=O)Nc1cc(Br)ccn1. The van der Waals surface area contributed by atoms with E-state index in [4.69, 9.17) is 0 Å². The summed E-state index contributed by atoms with van der Waals surface area (Å²) in [4.78, 5) is 19.8. The fraction of sp³-hybridized carbons (Fsp3) is 0.0667. The largest absolute Gasteiger partial charge is 0.358 e. The van der Waals surface area contributed by atoms with Crippen molar-refractivity contribution >= 4 is 38.6 Å². The lowest BCUT2D eigenvalue weighted by Crippen LogP contribution is -2.13. The van der Waals surface area contributed by atoms with Crippen molar-refractivity contribution in [2.45, 2.75) is 6.92 Å². The van der Waals surface area contributed by atoms with Gasteiger partial charge in [0.15, 0.2) is 0 Å². The second-order valence-electron chi connectivity index (χ2n) is 4.48. The van der Waals surface area contributed by atoms with Gasteiger partial charge in [-0.2, -0.15) is 0 Å². The van der Waals surface area contributed by atoms with Gasteiger partial charge in [0.05, 0.1) is 5.56 Å². The number of aromatic nitrogens is 2. The minimum Gasteiger partial charge on any atom is -0.358 e. The summed E-state index contributed by atoms with van der Waals surface area (Å²) < 4.78 is 0.874. The summed E-state index contributed by atoms with van der Waals surface area (Å²) in [5.74, 6) is 0.361. The summed E-state index contributed by atoms with van der Waals surface area (Å²) in [5.41, 5.74) is 2.46. The molecule has 0 radical (unpaired) electrons. The van der Waals surface area contributed by atoms with Gasteiger partial charge >= 0.3 is 0 Å². The van der Waals surface area contributed by atoms with Gasteiger partial charge in [0.25, 0.3) is 5.91 Å². The van der Waals surface area contributed by atoms with E-state index in [0.29, 0.717) is 11.4 Å². The van der Waals surface area contributed by atoms with Crippen LogP contribution in [-0.4, -0.2) is 15.9 Å². The van der Waals surface area contributed by atoms with Crippen molar-refractivity contribution in [1.29, 1.82) is 0 Å². The lowest BCUT2D eigenvalue weighted by atomic mass is 10.1. The van der Waals surface area contributed by atoms with Gasteiger partial charge in [-0.1, -0.05) is 34.1 Å². The fourth-order valence-electron chi connectivity index (χ4n) is 2.22. The first-order valence-electron chi connectivity index (χ1n) is 6.15. The van der Waals surface area contributed by atoms with E-state index >= 15 is 0 Å². The minimum atomic E-state index is -0.162. The van der Waals surface area contributed by atoms with Crippen molar-refractivity contribution < 1.29 is 4.79 Å². The molecule has 2 aromatic heterocycles. The molecule has 0 fully saturated rings. The van der Waals surface area contributed by atoms with Gasteiger partial charge in [-0.15, -0.1) is 0 Å². The topological polar surface area (TPSA) is 57.8 Å². The molecule has 0 saturated heterocycles. The van der Waals surface area contributed by atoms with Crippen LogP contribution in [0.1, 0.15) is 16.1 Å². The van der Waals surface area contributed by atoms with Crippen LogP contribution in [0.2, 0.25) is 0 Å². The third kappa shape index (κ3) is 2.32. The number of fused-ring (bicyclic) bond motifs is 1. The van der Waals surface area contributed by atoms with E-state index in [1.807, 2.05) is 37.3 Å². The van der Waals surface area contributed by atoms with Crippen LogP contribution in [-0.2, 0) is 0 Å². The van der Waals surface area contributed by atoms with E-state index in [9.17, 15) is 4.79 Å². The maximum absolute atomic E-state index is 12.4. The van der Waals surface area contributed by atoms with Gasteiger partial charge in [-0.25, -0.2) is 4.98 Å². The monoisotopic (exact) mass is 329 g/mol. The summed E-state index contributed by atoms with van der Waals surface area (Å²) in [6.07, 6.45) is 1.64. The normalized spacial score (nSPS) is 10.7. The lowest BCUT2D eigenvalue weighted by molar-refractivity contribution is 0.102. The van der Waals surface area contributed by atoms with Gasteiger partial charge in [0, 0.05) is 27.3 Å².